The van der Waals surface area contributed by atoms with Crippen LogP contribution in [0.3, 0.4) is 0 Å². The van der Waals surface area contributed by atoms with E-state index in [1.807, 2.05) is 58.3 Å². The van der Waals surface area contributed by atoms with Gasteiger partial charge in [0, 0.05) is 75.8 Å². The summed E-state index contributed by atoms with van der Waals surface area (Å²) in [6.07, 6.45) is 4.39. The zero-order valence-electron chi connectivity index (χ0n) is 25.2. The molecule has 10 nitrogen and oxygen atoms in total. The average molecular weight is 603 g/mol. The number of nitrogens with zero attached hydrogens (tertiary/aromatic N) is 2. The topological polar surface area (TPSA) is 117 Å². The third-order valence-electron chi connectivity index (χ3n) is 9.52. The Hall–Kier alpha value is -3.76. The van der Waals surface area contributed by atoms with E-state index in [1.54, 1.807) is 0 Å². The molecular weight excluding hydrogens is 560 g/mol. The molecule has 2 aromatic carbocycles. The van der Waals surface area contributed by atoms with Crippen molar-refractivity contribution in [3.05, 3.63) is 48.5 Å². The molecule has 0 unspecified atom stereocenters. The number of carbonyl (C=O) groups excluding carboxylic acids is 4. The maximum absolute atomic E-state index is 12.9. The molecule has 2 aromatic rings. The highest BCUT2D eigenvalue weighted by molar-refractivity contribution is 5.95. The molecule has 2 atom stereocenters. The lowest BCUT2D eigenvalue weighted by Gasteiger charge is -2.26. The largest absolute Gasteiger partial charge is 0.381 e. The van der Waals surface area contributed by atoms with Gasteiger partial charge in [-0.3, -0.25) is 19.2 Å². The van der Waals surface area contributed by atoms with Gasteiger partial charge in [0.05, 0.1) is 11.8 Å². The minimum absolute atomic E-state index is 0.0147. The summed E-state index contributed by atoms with van der Waals surface area (Å²) in [5.74, 6) is -0.191. The molecule has 4 aliphatic heterocycles. The Labute approximate surface area is 258 Å². The Morgan fingerprint density at radius 2 is 0.886 bits per heavy atom. The van der Waals surface area contributed by atoms with Gasteiger partial charge in [-0.1, -0.05) is 24.3 Å². The molecule has 44 heavy (non-hydrogen) atoms. The highest BCUT2D eigenvalue weighted by Gasteiger charge is 2.36. The molecule has 4 saturated heterocycles. The number of anilines is 2. The number of hydrogen-bond acceptors (Lipinski definition) is 6. The highest BCUT2D eigenvalue weighted by atomic mass is 16.5. The van der Waals surface area contributed by atoms with Crippen LogP contribution in [0.25, 0.3) is 11.1 Å². The molecule has 2 N–H and O–H groups in total. The van der Waals surface area contributed by atoms with Crippen LogP contribution in [0, 0.1) is 23.7 Å². The minimum atomic E-state index is -0.207. The average Bonchev–Trinajstić information content (AvgIpc) is 3.77. The summed E-state index contributed by atoms with van der Waals surface area (Å²) >= 11 is 0. The van der Waals surface area contributed by atoms with Crippen molar-refractivity contribution in [2.45, 2.75) is 38.5 Å². The lowest BCUT2D eigenvalue weighted by atomic mass is 9.99. The van der Waals surface area contributed by atoms with Crippen LogP contribution in [-0.4, -0.2) is 86.0 Å². The minimum Gasteiger partial charge on any atom is -0.381 e. The second-order valence-electron chi connectivity index (χ2n) is 12.4. The first-order valence-corrected chi connectivity index (χ1v) is 16.0. The molecule has 10 heteroatoms. The number of carbonyl (C=O) groups is 4. The van der Waals surface area contributed by atoms with Crippen molar-refractivity contribution >= 4 is 35.0 Å². The molecule has 234 valence electrons. The van der Waals surface area contributed by atoms with Crippen molar-refractivity contribution in [2.75, 3.05) is 63.2 Å². The Morgan fingerprint density at radius 3 is 1.25 bits per heavy atom. The zero-order chi connectivity index (χ0) is 30.5. The van der Waals surface area contributed by atoms with Crippen molar-refractivity contribution in [2.24, 2.45) is 23.7 Å². The Kier molecular flexibility index (Phi) is 9.57. The molecular formula is C34H42N4O6. The number of hydrogen-bond donors (Lipinski definition) is 2. The van der Waals surface area contributed by atoms with Gasteiger partial charge in [-0.2, -0.15) is 0 Å². The number of benzene rings is 2. The first kappa shape index (κ1) is 30.3. The summed E-state index contributed by atoms with van der Waals surface area (Å²) < 4.78 is 10.7. The third kappa shape index (κ3) is 7.13. The summed E-state index contributed by atoms with van der Waals surface area (Å²) in [5.41, 5.74) is 3.43. The lowest BCUT2D eigenvalue weighted by Crippen LogP contribution is -2.38. The maximum Gasteiger partial charge on any atom is 0.229 e. The van der Waals surface area contributed by atoms with Gasteiger partial charge in [0.2, 0.25) is 23.6 Å². The molecule has 0 saturated carbocycles. The highest BCUT2D eigenvalue weighted by Crippen LogP contribution is 2.28. The predicted octanol–water partition coefficient (Wildman–Crippen LogP) is 3.78. The fourth-order valence-corrected chi connectivity index (χ4v) is 6.74. The molecule has 6 rings (SSSR count). The summed E-state index contributed by atoms with van der Waals surface area (Å²) in [4.78, 5) is 55.2. The van der Waals surface area contributed by atoms with Gasteiger partial charge in [-0.15, -0.1) is 0 Å². The Morgan fingerprint density at radius 1 is 0.523 bits per heavy atom. The van der Waals surface area contributed by atoms with E-state index in [-0.39, 0.29) is 47.3 Å². The Balaban J connectivity index is 0.964. The number of likely N-dealkylation sites (tertiary alicyclic amines) is 2. The molecule has 4 fully saturated rings. The molecule has 0 bridgehead atoms. The van der Waals surface area contributed by atoms with E-state index in [2.05, 4.69) is 10.6 Å². The molecule has 0 spiro atoms. The Bertz CT molecular complexity index is 1230. The van der Waals surface area contributed by atoms with Crippen LogP contribution in [0.5, 0.6) is 0 Å². The normalized spacial score (nSPS) is 23.0. The third-order valence-corrected chi connectivity index (χ3v) is 9.52. The lowest BCUT2D eigenvalue weighted by molar-refractivity contribution is -0.138. The van der Waals surface area contributed by atoms with E-state index in [4.69, 9.17) is 9.47 Å². The van der Waals surface area contributed by atoms with Gasteiger partial charge in [-0.25, -0.2) is 0 Å². The van der Waals surface area contributed by atoms with E-state index in [0.717, 1.165) is 48.2 Å². The van der Waals surface area contributed by atoms with E-state index in [1.165, 1.54) is 0 Å². The van der Waals surface area contributed by atoms with Crippen LogP contribution in [0.2, 0.25) is 0 Å². The summed E-state index contributed by atoms with van der Waals surface area (Å²) in [5, 5.41) is 6.03. The van der Waals surface area contributed by atoms with Gasteiger partial charge < -0.3 is 29.9 Å². The van der Waals surface area contributed by atoms with Crippen LogP contribution in [0.1, 0.15) is 38.5 Å². The summed E-state index contributed by atoms with van der Waals surface area (Å²) in [6, 6.07) is 15.4. The first-order valence-electron chi connectivity index (χ1n) is 16.0. The molecule has 4 amide bonds. The van der Waals surface area contributed by atoms with E-state index >= 15 is 0 Å². The molecule has 0 aliphatic carbocycles. The SMILES string of the molecule is O=C(Nc1ccc(-c2ccc(NC(=O)[C@H]3CCN(C(=O)C4CCOCC4)C3)cc2)cc1)[C@@H]1CCN(C(=O)C2CCOCC2)C1. The number of rotatable bonds is 7. The monoisotopic (exact) mass is 602 g/mol. The van der Waals surface area contributed by atoms with Crippen molar-refractivity contribution < 1.29 is 28.7 Å². The van der Waals surface area contributed by atoms with Gasteiger partial charge in [0.15, 0.2) is 0 Å². The van der Waals surface area contributed by atoms with E-state index < -0.39 is 0 Å². The smallest absolute Gasteiger partial charge is 0.229 e. The van der Waals surface area contributed by atoms with Crippen molar-refractivity contribution in [1.29, 1.82) is 0 Å². The van der Waals surface area contributed by atoms with Crippen LogP contribution in [-0.2, 0) is 28.7 Å². The molecule has 4 heterocycles. The summed E-state index contributed by atoms with van der Waals surface area (Å²) in [6.45, 7) is 4.71. The fraction of sp³-hybridized carbons (Fsp3) is 0.529. The standard InChI is InChI=1S/C34H42N4O6/c39-31(27-9-15-37(21-27)33(41)25-11-17-43-18-12-25)35-29-5-1-23(2-6-29)24-3-7-30(8-4-24)36-32(40)28-10-16-38(22-28)34(42)26-13-19-44-20-14-26/h1-8,25-28H,9-22H2,(H,35,39)(H,36,40)/t27-,28+. The molecule has 0 aromatic heterocycles. The molecule has 0 radical (unpaired) electrons. The van der Waals surface area contributed by atoms with Crippen molar-refractivity contribution in [3.63, 3.8) is 0 Å². The van der Waals surface area contributed by atoms with Gasteiger partial charge in [0.1, 0.15) is 0 Å². The van der Waals surface area contributed by atoms with Crippen molar-refractivity contribution in [1.82, 2.24) is 9.80 Å². The first-order chi connectivity index (χ1) is 21.4. The number of nitrogens with one attached hydrogen (secondary N) is 2. The van der Waals surface area contributed by atoms with E-state index in [0.29, 0.717) is 65.4 Å². The van der Waals surface area contributed by atoms with Crippen LogP contribution in [0.4, 0.5) is 11.4 Å². The van der Waals surface area contributed by atoms with Crippen LogP contribution in [0.15, 0.2) is 48.5 Å². The van der Waals surface area contributed by atoms with Crippen LogP contribution >= 0.6 is 0 Å². The van der Waals surface area contributed by atoms with Gasteiger partial charge in [-0.05, 0) is 73.9 Å². The quantitative estimate of drug-likeness (QED) is 0.498. The van der Waals surface area contributed by atoms with Crippen molar-refractivity contribution in [3.8, 4) is 11.1 Å². The van der Waals surface area contributed by atoms with Crippen LogP contribution < -0.4 is 10.6 Å². The fourth-order valence-electron chi connectivity index (χ4n) is 6.74. The van der Waals surface area contributed by atoms with Gasteiger partial charge in [0.25, 0.3) is 0 Å². The zero-order valence-corrected chi connectivity index (χ0v) is 25.2. The number of ether oxygens (including phenoxy) is 2. The molecule has 4 aliphatic rings. The van der Waals surface area contributed by atoms with E-state index in [9.17, 15) is 19.2 Å². The predicted molar refractivity (Wildman–Crippen MR) is 166 cm³/mol. The second-order valence-corrected chi connectivity index (χ2v) is 12.4. The second kappa shape index (κ2) is 13.9. The summed E-state index contributed by atoms with van der Waals surface area (Å²) in [7, 11) is 0. The number of amides is 4. The maximum atomic E-state index is 12.9. The van der Waals surface area contributed by atoms with Gasteiger partial charge >= 0.3 is 0 Å².